The first kappa shape index (κ1) is 18.5. The molecule has 1 N–H and O–H groups in total. The van der Waals surface area contributed by atoms with Crippen molar-refractivity contribution in [2.45, 2.75) is 32.1 Å². The minimum absolute atomic E-state index is 0. The fourth-order valence-corrected chi connectivity index (χ4v) is 3.40. The van der Waals surface area contributed by atoms with Crippen molar-refractivity contribution in [3.05, 3.63) is 0 Å². The van der Waals surface area contributed by atoms with Crippen LogP contribution in [0.5, 0.6) is 0 Å². The summed E-state index contributed by atoms with van der Waals surface area (Å²) in [5, 5.41) is 3.46. The zero-order valence-corrected chi connectivity index (χ0v) is 14.2. The van der Waals surface area contributed by atoms with Crippen LogP contribution in [-0.4, -0.2) is 62.2 Å². The van der Waals surface area contributed by atoms with E-state index in [9.17, 15) is 0 Å². The van der Waals surface area contributed by atoms with E-state index >= 15 is 0 Å². The summed E-state index contributed by atoms with van der Waals surface area (Å²) in [7, 11) is 0. The molecule has 0 atom stereocenters. The van der Waals surface area contributed by atoms with Crippen LogP contribution in [0.25, 0.3) is 0 Å². The summed E-state index contributed by atoms with van der Waals surface area (Å²) in [6.07, 6.45) is 7.24. The van der Waals surface area contributed by atoms with Gasteiger partial charge in [0.05, 0.1) is 0 Å². The minimum atomic E-state index is 0. The van der Waals surface area contributed by atoms with Crippen LogP contribution in [0, 0.1) is 11.8 Å². The molecule has 0 aromatic carbocycles. The third-order valence-electron chi connectivity index (χ3n) is 4.99. The van der Waals surface area contributed by atoms with Gasteiger partial charge in [0.15, 0.2) is 0 Å². The highest BCUT2D eigenvalue weighted by molar-refractivity contribution is 5.85. The first-order chi connectivity index (χ1) is 8.90. The highest BCUT2D eigenvalue weighted by Gasteiger charge is 2.26. The number of hydrogen-bond acceptors (Lipinski definition) is 3. The van der Waals surface area contributed by atoms with Gasteiger partial charge < -0.3 is 15.1 Å². The maximum atomic E-state index is 3.46. The highest BCUT2D eigenvalue weighted by Crippen LogP contribution is 2.29. The summed E-state index contributed by atoms with van der Waals surface area (Å²) in [4.78, 5) is 5.39. The molecule has 20 heavy (non-hydrogen) atoms. The molecule has 0 aromatic heterocycles. The molecule has 2 heterocycles. The monoisotopic (exact) mass is 323 g/mol. The van der Waals surface area contributed by atoms with E-state index in [1.807, 2.05) is 0 Å². The Hall–Kier alpha value is 0.460. The molecule has 0 radical (unpaired) electrons. The second-order valence-electron chi connectivity index (χ2n) is 6.57. The molecule has 3 fully saturated rings. The topological polar surface area (TPSA) is 18.5 Å². The van der Waals surface area contributed by atoms with Crippen molar-refractivity contribution in [3.63, 3.8) is 0 Å². The number of piperazine rings is 1. The van der Waals surface area contributed by atoms with E-state index in [0.29, 0.717) is 0 Å². The van der Waals surface area contributed by atoms with E-state index in [2.05, 4.69) is 15.1 Å². The van der Waals surface area contributed by atoms with Crippen LogP contribution in [0.1, 0.15) is 32.1 Å². The van der Waals surface area contributed by atoms with E-state index in [-0.39, 0.29) is 24.8 Å². The van der Waals surface area contributed by atoms with Crippen molar-refractivity contribution in [2.24, 2.45) is 11.8 Å². The Labute approximate surface area is 136 Å². The van der Waals surface area contributed by atoms with Crippen molar-refractivity contribution < 1.29 is 0 Å². The summed E-state index contributed by atoms with van der Waals surface area (Å²) in [5.74, 6) is 2.06. The van der Waals surface area contributed by atoms with Crippen molar-refractivity contribution in [3.8, 4) is 0 Å². The van der Waals surface area contributed by atoms with Gasteiger partial charge >= 0.3 is 0 Å². The van der Waals surface area contributed by atoms with Gasteiger partial charge in [-0.2, -0.15) is 0 Å². The van der Waals surface area contributed by atoms with Gasteiger partial charge in [-0.15, -0.1) is 24.8 Å². The molecule has 0 aromatic rings. The van der Waals surface area contributed by atoms with Crippen molar-refractivity contribution >= 4 is 24.8 Å². The van der Waals surface area contributed by atoms with Crippen LogP contribution < -0.4 is 5.32 Å². The van der Waals surface area contributed by atoms with Crippen LogP contribution in [0.3, 0.4) is 0 Å². The average Bonchev–Trinajstić information content (AvgIpc) is 3.23. The highest BCUT2D eigenvalue weighted by atomic mass is 35.5. The van der Waals surface area contributed by atoms with Gasteiger partial charge in [0.1, 0.15) is 0 Å². The molecule has 1 saturated carbocycles. The summed E-state index contributed by atoms with van der Waals surface area (Å²) < 4.78 is 0. The van der Waals surface area contributed by atoms with Crippen LogP contribution in [0.4, 0.5) is 0 Å². The molecule has 0 amide bonds. The number of hydrogen-bond donors (Lipinski definition) is 1. The Morgan fingerprint density at radius 3 is 1.95 bits per heavy atom. The lowest BCUT2D eigenvalue weighted by Crippen LogP contribution is -2.47. The molecule has 5 heteroatoms. The maximum Gasteiger partial charge on any atom is 0.0110 e. The molecule has 3 rings (SSSR count). The molecule has 120 valence electrons. The lowest BCUT2D eigenvalue weighted by Gasteiger charge is -2.35. The van der Waals surface area contributed by atoms with Crippen molar-refractivity contribution in [1.29, 1.82) is 0 Å². The number of piperidine rings is 1. The van der Waals surface area contributed by atoms with Crippen molar-refractivity contribution in [1.82, 2.24) is 15.1 Å². The zero-order chi connectivity index (χ0) is 12.2. The largest absolute Gasteiger partial charge is 0.317 e. The van der Waals surface area contributed by atoms with Crippen molar-refractivity contribution in [2.75, 3.05) is 52.4 Å². The Balaban J connectivity index is 0.000001000. The first-order valence-electron chi connectivity index (χ1n) is 8.05. The molecule has 0 spiro atoms. The summed E-state index contributed by atoms with van der Waals surface area (Å²) in [6, 6.07) is 0. The normalized spacial score (nSPS) is 25.8. The SMILES string of the molecule is C1CC(CCN2CCN(CC3CC3)CC2)CCN1.Cl.Cl. The molecule has 3 aliphatic rings. The van der Waals surface area contributed by atoms with Gasteiger partial charge in [-0.3, -0.25) is 0 Å². The van der Waals surface area contributed by atoms with E-state index in [0.717, 1.165) is 11.8 Å². The van der Waals surface area contributed by atoms with Gasteiger partial charge in [0, 0.05) is 32.7 Å². The Kier molecular flexibility index (Phi) is 8.77. The molecule has 2 saturated heterocycles. The van der Waals surface area contributed by atoms with E-state index in [1.165, 1.54) is 84.5 Å². The number of rotatable bonds is 5. The molecule has 0 unspecified atom stereocenters. The molecular formula is C15H31Cl2N3. The van der Waals surface area contributed by atoms with Crippen LogP contribution in [0.2, 0.25) is 0 Å². The van der Waals surface area contributed by atoms with Gasteiger partial charge in [0.25, 0.3) is 0 Å². The smallest absolute Gasteiger partial charge is 0.0110 e. The van der Waals surface area contributed by atoms with Gasteiger partial charge in [0.2, 0.25) is 0 Å². The molecular weight excluding hydrogens is 293 g/mol. The predicted octanol–water partition coefficient (Wildman–Crippen LogP) is 2.25. The third kappa shape index (κ3) is 6.07. The van der Waals surface area contributed by atoms with Gasteiger partial charge in [-0.05, 0) is 63.6 Å². The van der Waals surface area contributed by atoms with E-state index in [1.54, 1.807) is 0 Å². The second kappa shape index (κ2) is 9.47. The second-order valence-corrected chi connectivity index (χ2v) is 6.57. The molecule has 1 aliphatic carbocycles. The standard InChI is InChI=1S/C15H29N3.2ClH/c1-2-15(1)13-18-11-9-17(10-12-18)8-5-14-3-6-16-7-4-14;;/h14-16H,1-13H2;2*1H. The quantitative estimate of drug-likeness (QED) is 0.837. The van der Waals surface area contributed by atoms with E-state index in [4.69, 9.17) is 0 Å². The maximum absolute atomic E-state index is 3.46. The van der Waals surface area contributed by atoms with Crippen LogP contribution in [0.15, 0.2) is 0 Å². The van der Waals surface area contributed by atoms with E-state index < -0.39 is 0 Å². The summed E-state index contributed by atoms with van der Waals surface area (Å²) in [6.45, 7) is 10.5. The van der Waals surface area contributed by atoms with Gasteiger partial charge in [-0.1, -0.05) is 0 Å². The number of nitrogens with one attached hydrogen (secondary N) is 1. The first-order valence-corrected chi connectivity index (χ1v) is 8.05. The lowest BCUT2D eigenvalue weighted by molar-refractivity contribution is 0.121. The average molecular weight is 324 g/mol. The zero-order valence-electron chi connectivity index (χ0n) is 12.6. The van der Waals surface area contributed by atoms with Crippen LogP contribution in [-0.2, 0) is 0 Å². The lowest BCUT2D eigenvalue weighted by atomic mass is 9.94. The minimum Gasteiger partial charge on any atom is -0.317 e. The summed E-state index contributed by atoms with van der Waals surface area (Å²) in [5.41, 5.74) is 0. The van der Waals surface area contributed by atoms with Crippen LogP contribution >= 0.6 is 24.8 Å². The summed E-state index contributed by atoms with van der Waals surface area (Å²) >= 11 is 0. The Bertz CT molecular complexity index is 248. The fraction of sp³-hybridized carbons (Fsp3) is 1.00. The number of halogens is 2. The molecule has 0 bridgehead atoms. The number of nitrogens with zero attached hydrogens (tertiary/aromatic N) is 2. The Morgan fingerprint density at radius 2 is 1.35 bits per heavy atom. The fourth-order valence-electron chi connectivity index (χ4n) is 3.40. The molecule has 2 aliphatic heterocycles. The predicted molar refractivity (Wildman–Crippen MR) is 90.3 cm³/mol. The third-order valence-corrected chi connectivity index (χ3v) is 4.99. The molecule has 3 nitrogen and oxygen atoms in total. The van der Waals surface area contributed by atoms with Gasteiger partial charge in [-0.25, -0.2) is 0 Å². The Morgan fingerprint density at radius 1 is 0.750 bits per heavy atom.